The van der Waals surface area contributed by atoms with Crippen LogP contribution in [0.15, 0.2) is 68.4 Å². The van der Waals surface area contributed by atoms with Gasteiger partial charge in [-0.3, -0.25) is 9.36 Å². The Morgan fingerprint density at radius 2 is 1.91 bits per heavy atom. The number of nitrogens with zero attached hydrogens (tertiary/aromatic N) is 2. The Hall–Kier alpha value is -2.32. The largest absolute Gasteiger partial charge is 0.459 e. The highest BCUT2D eigenvalue weighted by molar-refractivity contribution is 7.98. The van der Waals surface area contributed by atoms with Crippen molar-refractivity contribution in [2.24, 2.45) is 4.99 Å². The number of halogens is 2. The van der Waals surface area contributed by atoms with Gasteiger partial charge >= 0.3 is 5.97 Å². The number of fused-ring (bicyclic) bond motifs is 1. The van der Waals surface area contributed by atoms with E-state index in [0.717, 1.165) is 10.5 Å². The summed E-state index contributed by atoms with van der Waals surface area (Å²) >= 11 is 15.2. The molecular weight excluding hydrogens is 511 g/mol. The zero-order chi connectivity index (χ0) is 24.6. The first kappa shape index (κ1) is 24.8. The summed E-state index contributed by atoms with van der Waals surface area (Å²) in [5.41, 5.74) is 2.11. The van der Waals surface area contributed by atoms with E-state index in [0.29, 0.717) is 36.2 Å². The predicted octanol–water partition coefficient (Wildman–Crippen LogP) is 5.22. The SMILES string of the molecule is CSc1ccc([C@H]2C(C(=O)OC(C)C)=C(C)N=c3s/c(=C\c4ccc(Cl)cc4Cl)c(=O)n32)cc1. The van der Waals surface area contributed by atoms with Gasteiger partial charge in [-0.1, -0.05) is 52.7 Å². The molecule has 2 aromatic carbocycles. The number of allylic oxidation sites excluding steroid dienone is 1. The molecular formula is C25H22Cl2N2O3S2. The van der Waals surface area contributed by atoms with E-state index in [1.165, 1.54) is 11.3 Å². The highest BCUT2D eigenvalue weighted by Gasteiger charge is 2.33. The van der Waals surface area contributed by atoms with Crippen LogP contribution in [0.5, 0.6) is 0 Å². The molecule has 0 fully saturated rings. The molecule has 1 aliphatic rings. The van der Waals surface area contributed by atoms with Crippen molar-refractivity contribution in [2.75, 3.05) is 6.26 Å². The van der Waals surface area contributed by atoms with Gasteiger partial charge in [0.15, 0.2) is 4.80 Å². The normalized spacial score (nSPS) is 16.0. The van der Waals surface area contributed by atoms with Gasteiger partial charge in [-0.25, -0.2) is 9.79 Å². The maximum atomic E-state index is 13.6. The lowest BCUT2D eigenvalue weighted by Crippen LogP contribution is -2.40. The first-order chi connectivity index (χ1) is 16.2. The lowest BCUT2D eigenvalue weighted by molar-refractivity contribution is -0.143. The number of carbonyl (C=O) groups excluding carboxylic acids is 1. The fourth-order valence-electron chi connectivity index (χ4n) is 3.72. The van der Waals surface area contributed by atoms with Gasteiger partial charge in [-0.05, 0) is 68.5 Å². The fourth-order valence-corrected chi connectivity index (χ4v) is 5.63. The molecule has 0 spiro atoms. The van der Waals surface area contributed by atoms with Crippen LogP contribution < -0.4 is 14.9 Å². The molecule has 0 saturated heterocycles. The number of carbonyl (C=O) groups is 1. The lowest BCUT2D eigenvalue weighted by Gasteiger charge is -2.25. The molecule has 1 atom stereocenters. The van der Waals surface area contributed by atoms with Crippen molar-refractivity contribution >= 4 is 58.3 Å². The standard InChI is InChI=1S/C25H22Cl2N2O3S2/c1-13(2)32-24(31)21-14(3)28-25-29(22(21)15-6-9-18(33-4)10-7-15)23(30)20(34-25)11-16-5-8-17(26)12-19(16)27/h5-13,22H,1-4H3/b20-11-/t22-/m0/s1. The van der Waals surface area contributed by atoms with Crippen LogP contribution in [0.2, 0.25) is 10.0 Å². The number of aromatic nitrogens is 1. The molecule has 0 bridgehead atoms. The van der Waals surface area contributed by atoms with Crippen LogP contribution in [0.4, 0.5) is 0 Å². The van der Waals surface area contributed by atoms with E-state index >= 15 is 0 Å². The maximum absolute atomic E-state index is 13.6. The number of thioether (sulfide) groups is 1. The summed E-state index contributed by atoms with van der Waals surface area (Å²) in [5.74, 6) is -0.481. The second-order valence-electron chi connectivity index (χ2n) is 7.97. The van der Waals surface area contributed by atoms with Gasteiger partial charge in [0, 0.05) is 14.9 Å². The molecule has 176 valence electrons. The number of benzene rings is 2. The quantitative estimate of drug-likeness (QED) is 0.334. The van der Waals surface area contributed by atoms with Crippen LogP contribution in [-0.2, 0) is 9.53 Å². The Kier molecular flexibility index (Phi) is 7.38. The number of thiazole rings is 1. The van der Waals surface area contributed by atoms with Gasteiger partial charge < -0.3 is 4.74 Å². The van der Waals surface area contributed by atoms with Crippen LogP contribution in [0.3, 0.4) is 0 Å². The molecule has 0 saturated carbocycles. The number of rotatable bonds is 5. The third kappa shape index (κ3) is 4.89. The van der Waals surface area contributed by atoms with Crippen molar-refractivity contribution in [1.29, 1.82) is 0 Å². The van der Waals surface area contributed by atoms with Gasteiger partial charge in [-0.2, -0.15) is 0 Å². The van der Waals surface area contributed by atoms with E-state index in [-0.39, 0.29) is 11.7 Å². The van der Waals surface area contributed by atoms with Crippen LogP contribution in [0.25, 0.3) is 6.08 Å². The van der Waals surface area contributed by atoms with Gasteiger partial charge in [0.2, 0.25) is 0 Å². The minimum Gasteiger partial charge on any atom is -0.459 e. The molecule has 2 heterocycles. The van der Waals surface area contributed by atoms with Crippen molar-refractivity contribution < 1.29 is 9.53 Å². The molecule has 3 aromatic rings. The lowest BCUT2D eigenvalue weighted by atomic mass is 9.96. The van der Waals surface area contributed by atoms with E-state index in [4.69, 9.17) is 27.9 Å². The van der Waals surface area contributed by atoms with E-state index in [9.17, 15) is 9.59 Å². The average molecular weight is 534 g/mol. The van der Waals surface area contributed by atoms with Crippen LogP contribution in [-0.4, -0.2) is 22.9 Å². The van der Waals surface area contributed by atoms with Gasteiger partial charge in [0.05, 0.1) is 27.9 Å². The summed E-state index contributed by atoms with van der Waals surface area (Å²) < 4.78 is 7.56. The second kappa shape index (κ2) is 10.1. The Morgan fingerprint density at radius 3 is 2.53 bits per heavy atom. The Bertz CT molecular complexity index is 1470. The number of ether oxygens (including phenoxy) is 1. The van der Waals surface area contributed by atoms with Gasteiger partial charge in [0.25, 0.3) is 5.56 Å². The molecule has 9 heteroatoms. The van der Waals surface area contributed by atoms with E-state index < -0.39 is 12.0 Å². The number of esters is 1. The Labute approximate surface area is 215 Å². The summed E-state index contributed by atoms with van der Waals surface area (Å²) in [7, 11) is 0. The molecule has 1 aliphatic heterocycles. The maximum Gasteiger partial charge on any atom is 0.338 e. The van der Waals surface area contributed by atoms with Crippen LogP contribution in [0.1, 0.15) is 37.9 Å². The minimum absolute atomic E-state index is 0.254. The summed E-state index contributed by atoms with van der Waals surface area (Å²) in [4.78, 5) is 33.0. The summed E-state index contributed by atoms with van der Waals surface area (Å²) in [6.07, 6.45) is 3.42. The molecule has 34 heavy (non-hydrogen) atoms. The number of hydrogen-bond donors (Lipinski definition) is 0. The Balaban J connectivity index is 1.94. The van der Waals surface area contributed by atoms with Gasteiger partial charge in [-0.15, -0.1) is 11.8 Å². The van der Waals surface area contributed by atoms with Crippen molar-refractivity contribution in [3.05, 3.63) is 94.6 Å². The third-order valence-corrected chi connectivity index (χ3v) is 7.55. The molecule has 0 amide bonds. The number of hydrogen-bond acceptors (Lipinski definition) is 6. The summed E-state index contributed by atoms with van der Waals surface area (Å²) in [6.45, 7) is 5.36. The fraction of sp³-hybridized carbons (Fsp3) is 0.240. The third-order valence-electron chi connectivity index (χ3n) is 5.26. The van der Waals surface area contributed by atoms with Gasteiger partial charge in [0.1, 0.15) is 0 Å². The monoisotopic (exact) mass is 532 g/mol. The van der Waals surface area contributed by atoms with Crippen molar-refractivity contribution in [1.82, 2.24) is 4.57 Å². The van der Waals surface area contributed by atoms with E-state index in [1.54, 1.807) is 61.4 Å². The second-order valence-corrected chi connectivity index (χ2v) is 10.7. The molecule has 0 radical (unpaired) electrons. The first-order valence-corrected chi connectivity index (χ1v) is 13.3. The average Bonchev–Trinajstić information content (AvgIpc) is 3.08. The minimum atomic E-state index is -0.652. The smallest absolute Gasteiger partial charge is 0.338 e. The van der Waals surface area contributed by atoms with E-state index in [2.05, 4.69) is 4.99 Å². The molecule has 0 unspecified atom stereocenters. The summed E-state index contributed by atoms with van der Waals surface area (Å²) in [5, 5.41) is 0.959. The molecule has 5 nitrogen and oxygen atoms in total. The predicted molar refractivity (Wildman–Crippen MR) is 140 cm³/mol. The molecule has 4 rings (SSSR count). The zero-order valence-corrected chi connectivity index (χ0v) is 22.1. The van der Waals surface area contributed by atoms with Crippen molar-refractivity contribution in [3.8, 4) is 0 Å². The van der Waals surface area contributed by atoms with Crippen LogP contribution in [0, 0.1) is 0 Å². The first-order valence-electron chi connectivity index (χ1n) is 10.5. The van der Waals surface area contributed by atoms with Crippen molar-refractivity contribution in [2.45, 2.75) is 37.8 Å². The highest BCUT2D eigenvalue weighted by Crippen LogP contribution is 2.32. The van der Waals surface area contributed by atoms with E-state index in [1.807, 2.05) is 30.5 Å². The topological polar surface area (TPSA) is 60.7 Å². The zero-order valence-electron chi connectivity index (χ0n) is 19.0. The highest BCUT2D eigenvalue weighted by atomic mass is 35.5. The Morgan fingerprint density at radius 1 is 1.21 bits per heavy atom. The molecule has 0 N–H and O–H groups in total. The molecule has 1 aromatic heterocycles. The van der Waals surface area contributed by atoms with Crippen LogP contribution >= 0.6 is 46.3 Å². The molecule has 0 aliphatic carbocycles. The van der Waals surface area contributed by atoms with Crippen molar-refractivity contribution in [3.63, 3.8) is 0 Å². The summed E-state index contributed by atoms with van der Waals surface area (Å²) in [6, 6.07) is 12.3.